The number of thioether (sulfide) groups is 1. The van der Waals surface area contributed by atoms with Crippen LogP contribution in [0.4, 0.5) is 0 Å². The highest BCUT2D eigenvalue weighted by atomic mass is 32.2. The predicted octanol–water partition coefficient (Wildman–Crippen LogP) is 3.20. The number of aromatic hydroxyl groups is 1. The monoisotopic (exact) mass is 228 g/mol. The second-order valence-corrected chi connectivity index (χ2v) is 5.49. The molecule has 0 aliphatic carbocycles. The van der Waals surface area contributed by atoms with Crippen molar-refractivity contribution in [1.29, 1.82) is 0 Å². The van der Waals surface area contributed by atoms with Crippen LogP contribution in [0.15, 0.2) is 6.07 Å². The quantitative estimate of drug-likeness (QED) is 0.841. The van der Waals surface area contributed by atoms with Crippen LogP contribution in [0.1, 0.15) is 45.9 Å². The van der Waals surface area contributed by atoms with Crippen LogP contribution < -0.4 is 0 Å². The van der Waals surface area contributed by atoms with Crippen molar-refractivity contribution < 1.29 is 5.11 Å². The Balaban J connectivity index is 2.59. The summed E-state index contributed by atoms with van der Waals surface area (Å²) < 4.78 is 1.66. The zero-order chi connectivity index (χ0) is 11.4. The molecule has 0 aliphatic heterocycles. The van der Waals surface area contributed by atoms with Crippen LogP contribution in [-0.2, 0) is 5.75 Å². The molecule has 0 saturated heterocycles. The molecule has 0 fully saturated rings. The van der Waals surface area contributed by atoms with E-state index in [1.807, 2.05) is 25.6 Å². The summed E-state index contributed by atoms with van der Waals surface area (Å²) in [5.41, 5.74) is 0.964. The van der Waals surface area contributed by atoms with E-state index in [-0.39, 0.29) is 11.9 Å². The van der Waals surface area contributed by atoms with E-state index in [4.69, 9.17) is 0 Å². The predicted molar refractivity (Wildman–Crippen MR) is 65.3 cm³/mol. The van der Waals surface area contributed by atoms with Crippen LogP contribution >= 0.6 is 11.8 Å². The highest BCUT2D eigenvalue weighted by Gasteiger charge is 2.10. The maximum Gasteiger partial charge on any atom is 0.209 e. The van der Waals surface area contributed by atoms with Crippen molar-refractivity contribution in [2.75, 3.05) is 0 Å². The number of rotatable bonds is 5. The summed E-state index contributed by atoms with van der Waals surface area (Å²) in [5, 5.41) is 14.6. The minimum atomic E-state index is 0.215. The molecule has 1 N–H and O–H groups in total. The number of aromatic nitrogens is 2. The molecular formula is C11H20N2OS. The molecule has 0 aliphatic rings. The van der Waals surface area contributed by atoms with Gasteiger partial charge >= 0.3 is 0 Å². The molecule has 1 rings (SSSR count). The fourth-order valence-electron chi connectivity index (χ4n) is 1.23. The molecule has 1 aromatic heterocycles. The molecule has 4 heteroatoms. The largest absolute Gasteiger partial charge is 0.493 e. The Morgan fingerprint density at radius 2 is 2.13 bits per heavy atom. The molecular weight excluding hydrogens is 208 g/mol. The average Bonchev–Trinajstić information content (AvgIpc) is 2.56. The van der Waals surface area contributed by atoms with Gasteiger partial charge in [0.15, 0.2) is 0 Å². The molecule has 0 aromatic carbocycles. The van der Waals surface area contributed by atoms with E-state index in [2.05, 4.69) is 18.9 Å². The SMILES string of the molecule is CCC(C)SCc1cc(O)n(C(C)C)n1. The van der Waals surface area contributed by atoms with Gasteiger partial charge in [-0.25, -0.2) is 4.68 Å². The second-order valence-electron chi connectivity index (χ2n) is 4.06. The zero-order valence-corrected chi connectivity index (χ0v) is 10.7. The van der Waals surface area contributed by atoms with Gasteiger partial charge in [0, 0.05) is 17.1 Å². The lowest BCUT2D eigenvalue weighted by atomic mass is 10.4. The van der Waals surface area contributed by atoms with Crippen LogP contribution in [0.3, 0.4) is 0 Å². The van der Waals surface area contributed by atoms with Crippen molar-refractivity contribution in [3.63, 3.8) is 0 Å². The van der Waals surface area contributed by atoms with Crippen molar-refractivity contribution >= 4 is 11.8 Å². The number of nitrogens with zero attached hydrogens (tertiary/aromatic N) is 2. The van der Waals surface area contributed by atoms with Gasteiger partial charge in [0.2, 0.25) is 5.88 Å². The van der Waals surface area contributed by atoms with Gasteiger partial charge < -0.3 is 5.11 Å². The lowest BCUT2D eigenvalue weighted by Gasteiger charge is -2.06. The molecule has 1 aromatic rings. The normalized spacial score (nSPS) is 13.4. The summed E-state index contributed by atoms with van der Waals surface area (Å²) in [4.78, 5) is 0. The van der Waals surface area contributed by atoms with Gasteiger partial charge in [-0.05, 0) is 20.3 Å². The third-order valence-electron chi connectivity index (χ3n) is 2.35. The maximum absolute atomic E-state index is 9.62. The Labute approximate surface area is 95.9 Å². The van der Waals surface area contributed by atoms with E-state index in [1.54, 1.807) is 10.7 Å². The highest BCUT2D eigenvalue weighted by Crippen LogP contribution is 2.23. The van der Waals surface area contributed by atoms with Crippen molar-refractivity contribution in [1.82, 2.24) is 9.78 Å². The Morgan fingerprint density at radius 1 is 1.47 bits per heavy atom. The van der Waals surface area contributed by atoms with E-state index in [0.717, 1.165) is 11.4 Å². The fraction of sp³-hybridized carbons (Fsp3) is 0.727. The second kappa shape index (κ2) is 5.45. The van der Waals surface area contributed by atoms with E-state index < -0.39 is 0 Å². The Bertz CT molecular complexity index is 310. The lowest BCUT2D eigenvalue weighted by Crippen LogP contribution is -2.02. The fourth-order valence-corrected chi connectivity index (χ4v) is 2.06. The van der Waals surface area contributed by atoms with Gasteiger partial charge in [-0.15, -0.1) is 0 Å². The van der Waals surface area contributed by atoms with Crippen LogP contribution in [0.5, 0.6) is 5.88 Å². The first kappa shape index (κ1) is 12.4. The van der Waals surface area contributed by atoms with Crippen LogP contribution in [0.2, 0.25) is 0 Å². The summed E-state index contributed by atoms with van der Waals surface area (Å²) in [6.45, 7) is 8.42. The van der Waals surface area contributed by atoms with Crippen molar-refractivity contribution in [3.05, 3.63) is 11.8 Å². The first-order valence-corrected chi connectivity index (χ1v) is 6.48. The van der Waals surface area contributed by atoms with Crippen molar-refractivity contribution in [2.24, 2.45) is 0 Å². The summed E-state index contributed by atoms with van der Waals surface area (Å²) in [6.07, 6.45) is 1.17. The summed E-state index contributed by atoms with van der Waals surface area (Å²) >= 11 is 1.88. The maximum atomic E-state index is 9.62. The smallest absolute Gasteiger partial charge is 0.209 e. The van der Waals surface area contributed by atoms with Gasteiger partial charge in [0.25, 0.3) is 0 Å². The standard InChI is InChI=1S/C11H20N2OS/c1-5-9(4)15-7-10-6-11(14)13(12-10)8(2)3/h6,8-9,14H,5,7H2,1-4H3. The lowest BCUT2D eigenvalue weighted by molar-refractivity contribution is 0.377. The van der Waals surface area contributed by atoms with Gasteiger partial charge in [0.1, 0.15) is 0 Å². The van der Waals surface area contributed by atoms with E-state index in [1.165, 1.54) is 6.42 Å². The summed E-state index contributed by atoms with van der Waals surface area (Å²) in [5.74, 6) is 1.15. The first-order valence-electron chi connectivity index (χ1n) is 5.43. The molecule has 3 nitrogen and oxygen atoms in total. The molecule has 0 radical (unpaired) electrons. The molecule has 0 bridgehead atoms. The van der Waals surface area contributed by atoms with Crippen LogP contribution in [0, 0.1) is 0 Å². The summed E-state index contributed by atoms with van der Waals surface area (Å²) in [6, 6.07) is 1.97. The average molecular weight is 228 g/mol. The van der Waals surface area contributed by atoms with Crippen molar-refractivity contribution in [2.45, 2.75) is 51.2 Å². The molecule has 86 valence electrons. The minimum Gasteiger partial charge on any atom is -0.493 e. The van der Waals surface area contributed by atoms with Gasteiger partial charge in [0.05, 0.1) is 11.7 Å². The Kier molecular flexibility index (Phi) is 4.51. The third kappa shape index (κ3) is 3.45. The van der Waals surface area contributed by atoms with Crippen LogP contribution in [-0.4, -0.2) is 20.1 Å². The number of hydrogen-bond acceptors (Lipinski definition) is 3. The van der Waals surface area contributed by atoms with E-state index in [0.29, 0.717) is 5.25 Å². The molecule has 15 heavy (non-hydrogen) atoms. The van der Waals surface area contributed by atoms with Crippen LogP contribution in [0.25, 0.3) is 0 Å². The third-order valence-corrected chi connectivity index (χ3v) is 3.71. The zero-order valence-electron chi connectivity index (χ0n) is 9.90. The number of hydrogen-bond donors (Lipinski definition) is 1. The van der Waals surface area contributed by atoms with Gasteiger partial charge in [-0.2, -0.15) is 16.9 Å². The molecule has 1 unspecified atom stereocenters. The van der Waals surface area contributed by atoms with Gasteiger partial charge in [-0.1, -0.05) is 13.8 Å². The topological polar surface area (TPSA) is 38.0 Å². The molecule has 1 atom stereocenters. The molecule has 0 spiro atoms. The molecule has 1 heterocycles. The van der Waals surface area contributed by atoms with Gasteiger partial charge in [-0.3, -0.25) is 0 Å². The highest BCUT2D eigenvalue weighted by molar-refractivity contribution is 7.99. The minimum absolute atomic E-state index is 0.215. The van der Waals surface area contributed by atoms with Crippen molar-refractivity contribution in [3.8, 4) is 5.88 Å². The Morgan fingerprint density at radius 3 is 2.60 bits per heavy atom. The van der Waals surface area contributed by atoms with E-state index in [9.17, 15) is 5.11 Å². The summed E-state index contributed by atoms with van der Waals surface area (Å²) in [7, 11) is 0. The molecule has 0 amide bonds. The van der Waals surface area contributed by atoms with E-state index >= 15 is 0 Å². The molecule has 0 saturated carbocycles. The first-order chi connectivity index (χ1) is 7.04. The Hall–Kier alpha value is -0.640.